The third kappa shape index (κ3) is 4.43. The molecule has 0 fully saturated rings. The Morgan fingerprint density at radius 2 is 1.87 bits per heavy atom. The Hall–Kier alpha value is -2.61. The fourth-order valence-electron chi connectivity index (χ4n) is 1.96. The summed E-state index contributed by atoms with van der Waals surface area (Å²) >= 11 is 5.11. The van der Waals surface area contributed by atoms with Crippen molar-refractivity contribution >= 4 is 28.7 Å². The van der Waals surface area contributed by atoms with Crippen LogP contribution in [0.1, 0.15) is 18.5 Å². The van der Waals surface area contributed by atoms with Gasteiger partial charge in [0.15, 0.2) is 5.11 Å². The maximum atomic E-state index is 13.7. The molecular weight excluding hydrogens is 324 g/mol. The zero-order valence-electron chi connectivity index (χ0n) is 12.0. The Balaban J connectivity index is 1.99. The van der Waals surface area contributed by atoms with E-state index in [0.717, 1.165) is 6.07 Å². The van der Waals surface area contributed by atoms with Crippen molar-refractivity contribution in [1.82, 2.24) is 5.32 Å². The minimum Gasteiger partial charge on any atom is -0.356 e. The van der Waals surface area contributed by atoms with Gasteiger partial charge in [-0.1, -0.05) is 6.07 Å². The average Bonchev–Trinajstić information content (AvgIpc) is 2.47. The van der Waals surface area contributed by atoms with E-state index in [-0.39, 0.29) is 16.4 Å². The van der Waals surface area contributed by atoms with Gasteiger partial charge in [-0.05, 0) is 37.3 Å². The fraction of sp³-hybridized carbons (Fsp3) is 0.133. The molecule has 0 aliphatic rings. The van der Waals surface area contributed by atoms with Gasteiger partial charge in [-0.25, -0.2) is 8.78 Å². The predicted molar refractivity (Wildman–Crippen MR) is 87.2 cm³/mol. The molecule has 0 spiro atoms. The normalized spacial score (nSPS) is 11.6. The molecule has 0 heterocycles. The van der Waals surface area contributed by atoms with Gasteiger partial charge in [0.05, 0.1) is 11.0 Å². The molecular formula is C15H13F2N3O2S. The Kier molecular flexibility index (Phi) is 5.17. The number of nitrogens with zero attached hydrogens (tertiary/aromatic N) is 1. The molecule has 0 bridgehead atoms. The summed E-state index contributed by atoms with van der Waals surface area (Å²) in [5.41, 5.74) is 0.801. The molecule has 2 aromatic rings. The highest BCUT2D eigenvalue weighted by atomic mass is 32.1. The largest absolute Gasteiger partial charge is 0.356 e. The molecule has 1 atom stereocenters. The third-order valence-electron chi connectivity index (χ3n) is 3.11. The molecule has 0 amide bonds. The van der Waals surface area contributed by atoms with Gasteiger partial charge in [0.25, 0.3) is 5.69 Å². The molecule has 0 saturated carbocycles. The van der Waals surface area contributed by atoms with E-state index >= 15 is 0 Å². The van der Waals surface area contributed by atoms with Crippen LogP contribution < -0.4 is 10.6 Å². The molecule has 2 rings (SSSR count). The smallest absolute Gasteiger partial charge is 0.269 e. The van der Waals surface area contributed by atoms with Crippen molar-refractivity contribution in [1.29, 1.82) is 0 Å². The number of hydrogen-bond acceptors (Lipinski definition) is 3. The number of non-ortho nitro benzene ring substituents is 1. The topological polar surface area (TPSA) is 67.2 Å². The van der Waals surface area contributed by atoms with Gasteiger partial charge < -0.3 is 10.6 Å². The highest BCUT2D eigenvalue weighted by molar-refractivity contribution is 7.80. The van der Waals surface area contributed by atoms with E-state index in [0.29, 0.717) is 5.69 Å². The minimum atomic E-state index is -0.664. The first-order valence-corrected chi connectivity index (χ1v) is 7.04. The van der Waals surface area contributed by atoms with Crippen LogP contribution in [-0.2, 0) is 0 Å². The molecule has 0 saturated heterocycles. The minimum absolute atomic E-state index is 0.0313. The Morgan fingerprint density at radius 1 is 1.22 bits per heavy atom. The molecule has 5 nitrogen and oxygen atoms in total. The summed E-state index contributed by atoms with van der Waals surface area (Å²) < 4.78 is 26.6. The van der Waals surface area contributed by atoms with E-state index in [9.17, 15) is 18.9 Å². The molecule has 0 aliphatic carbocycles. The highest BCUT2D eigenvalue weighted by Crippen LogP contribution is 2.19. The number of rotatable bonds is 4. The number of nitro benzene ring substituents is 1. The van der Waals surface area contributed by atoms with Crippen LogP contribution in [0.4, 0.5) is 20.2 Å². The van der Waals surface area contributed by atoms with Crippen molar-refractivity contribution in [3.63, 3.8) is 0 Å². The second-order valence-electron chi connectivity index (χ2n) is 4.79. The summed E-state index contributed by atoms with van der Waals surface area (Å²) in [4.78, 5) is 10.1. The van der Waals surface area contributed by atoms with E-state index in [1.165, 1.54) is 36.4 Å². The van der Waals surface area contributed by atoms with Crippen LogP contribution in [0, 0.1) is 21.7 Å². The lowest BCUT2D eigenvalue weighted by molar-refractivity contribution is -0.384. The van der Waals surface area contributed by atoms with E-state index in [2.05, 4.69) is 10.6 Å². The second kappa shape index (κ2) is 7.10. The lowest BCUT2D eigenvalue weighted by Gasteiger charge is -2.18. The molecule has 0 aromatic heterocycles. The standard InChI is InChI=1S/C15H13F2N3O2S/c1-9(13-7-2-10(16)8-14(13)17)18-15(23)19-11-3-5-12(6-4-11)20(21)22/h2-9H,1H3,(H2,18,19,23)/t9-/m0/s1. The molecule has 23 heavy (non-hydrogen) atoms. The fourth-order valence-corrected chi connectivity index (χ4v) is 2.26. The van der Waals surface area contributed by atoms with Crippen molar-refractivity contribution in [2.75, 3.05) is 5.32 Å². The Bertz CT molecular complexity index is 738. The predicted octanol–water partition coefficient (Wildman–Crippen LogP) is 3.92. The lowest BCUT2D eigenvalue weighted by Crippen LogP contribution is -2.31. The first-order valence-electron chi connectivity index (χ1n) is 6.63. The number of nitrogens with one attached hydrogen (secondary N) is 2. The number of benzene rings is 2. The summed E-state index contributed by atoms with van der Waals surface area (Å²) in [6, 6.07) is 8.54. The number of halogens is 2. The summed E-state index contributed by atoms with van der Waals surface area (Å²) in [6.45, 7) is 1.68. The number of nitro groups is 1. The molecule has 0 aliphatic heterocycles. The molecule has 2 N–H and O–H groups in total. The van der Waals surface area contributed by atoms with Crippen molar-refractivity contribution < 1.29 is 13.7 Å². The summed E-state index contributed by atoms with van der Waals surface area (Å²) in [5, 5.41) is 16.5. The number of anilines is 1. The second-order valence-corrected chi connectivity index (χ2v) is 5.20. The highest BCUT2D eigenvalue weighted by Gasteiger charge is 2.13. The van der Waals surface area contributed by atoms with E-state index in [1.807, 2.05) is 0 Å². The Morgan fingerprint density at radius 3 is 2.43 bits per heavy atom. The van der Waals surface area contributed by atoms with Gasteiger partial charge in [0.1, 0.15) is 11.6 Å². The first kappa shape index (κ1) is 16.8. The van der Waals surface area contributed by atoms with Gasteiger partial charge in [-0.3, -0.25) is 10.1 Å². The van der Waals surface area contributed by atoms with Crippen molar-refractivity contribution in [2.24, 2.45) is 0 Å². The quantitative estimate of drug-likeness (QED) is 0.503. The monoisotopic (exact) mass is 337 g/mol. The van der Waals surface area contributed by atoms with Crippen LogP contribution >= 0.6 is 12.2 Å². The van der Waals surface area contributed by atoms with Crippen LogP contribution in [-0.4, -0.2) is 10.0 Å². The van der Waals surface area contributed by atoms with Crippen LogP contribution in [0.2, 0.25) is 0 Å². The molecule has 0 unspecified atom stereocenters. The maximum Gasteiger partial charge on any atom is 0.269 e. The summed E-state index contributed by atoms with van der Waals surface area (Å²) in [6.07, 6.45) is 0. The summed E-state index contributed by atoms with van der Waals surface area (Å²) in [5.74, 6) is -1.31. The first-order chi connectivity index (χ1) is 10.9. The van der Waals surface area contributed by atoms with Gasteiger partial charge in [-0.15, -0.1) is 0 Å². The van der Waals surface area contributed by atoms with Crippen LogP contribution in [0.3, 0.4) is 0 Å². The van der Waals surface area contributed by atoms with Gasteiger partial charge >= 0.3 is 0 Å². The molecule has 0 radical (unpaired) electrons. The Labute approximate surface area is 136 Å². The number of hydrogen-bond donors (Lipinski definition) is 2. The summed E-state index contributed by atoms with van der Waals surface area (Å²) in [7, 11) is 0. The molecule has 8 heteroatoms. The zero-order chi connectivity index (χ0) is 17.0. The van der Waals surface area contributed by atoms with Crippen LogP contribution in [0.25, 0.3) is 0 Å². The van der Waals surface area contributed by atoms with E-state index in [4.69, 9.17) is 12.2 Å². The molecule has 120 valence electrons. The third-order valence-corrected chi connectivity index (χ3v) is 3.33. The molecule has 2 aromatic carbocycles. The van der Waals surface area contributed by atoms with E-state index in [1.54, 1.807) is 6.92 Å². The van der Waals surface area contributed by atoms with Crippen molar-refractivity contribution in [3.05, 3.63) is 69.8 Å². The maximum absolute atomic E-state index is 13.7. The number of thiocarbonyl (C=S) groups is 1. The van der Waals surface area contributed by atoms with Gasteiger partial charge in [0.2, 0.25) is 0 Å². The lowest BCUT2D eigenvalue weighted by atomic mass is 10.1. The zero-order valence-corrected chi connectivity index (χ0v) is 12.9. The van der Waals surface area contributed by atoms with Gasteiger partial charge in [-0.2, -0.15) is 0 Å². The van der Waals surface area contributed by atoms with Crippen molar-refractivity contribution in [3.8, 4) is 0 Å². The van der Waals surface area contributed by atoms with Crippen molar-refractivity contribution in [2.45, 2.75) is 13.0 Å². The van der Waals surface area contributed by atoms with Crippen LogP contribution in [0.5, 0.6) is 0 Å². The van der Waals surface area contributed by atoms with Crippen LogP contribution in [0.15, 0.2) is 42.5 Å². The van der Waals surface area contributed by atoms with Gasteiger partial charge in [0, 0.05) is 29.4 Å². The average molecular weight is 337 g/mol. The SMILES string of the molecule is C[C@H](NC(=S)Nc1ccc([N+](=O)[O-])cc1)c1ccc(F)cc1F. The van der Waals surface area contributed by atoms with E-state index < -0.39 is 22.6 Å².